The van der Waals surface area contributed by atoms with E-state index in [1.165, 1.54) is 0 Å². The van der Waals surface area contributed by atoms with Gasteiger partial charge in [0.05, 0.1) is 0 Å². The average molecular weight is 170 g/mol. The van der Waals surface area contributed by atoms with Crippen molar-refractivity contribution in [3.63, 3.8) is 0 Å². The van der Waals surface area contributed by atoms with Gasteiger partial charge in [-0.25, -0.2) is 0 Å². The smallest absolute Gasteiger partial charge is 0.0221 e. The highest BCUT2D eigenvalue weighted by Crippen LogP contribution is 2.07. The van der Waals surface area contributed by atoms with Gasteiger partial charge in [0.15, 0.2) is 0 Å². The first kappa shape index (κ1) is 11.7. The first-order valence-corrected chi connectivity index (χ1v) is 4.74. The first-order chi connectivity index (χ1) is 5.67. The van der Waals surface area contributed by atoms with E-state index in [-0.39, 0.29) is 0 Å². The summed E-state index contributed by atoms with van der Waals surface area (Å²) < 4.78 is 0. The fourth-order valence-electron chi connectivity index (χ4n) is 1.47. The zero-order chi connectivity index (χ0) is 9.56. The van der Waals surface area contributed by atoms with Crippen LogP contribution in [0.3, 0.4) is 0 Å². The number of nitrogens with zero attached hydrogens (tertiary/aromatic N) is 1. The Morgan fingerprint density at radius 2 is 2.08 bits per heavy atom. The molecule has 0 aromatic rings. The van der Waals surface area contributed by atoms with Gasteiger partial charge in [-0.2, -0.15) is 0 Å². The molecule has 1 unspecified atom stereocenters. The van der Waals surface area contributed by atoms with Crippen LogP contribution in [0.4, 0.5) is 0 Å². The summed E-state index contributed by atoms with van der Waals surface area (Å²) in [6.07, 6.45) is 3.06. The molecule has 0 aliphatic carbocycles. The lowest BCUT2D eigenvalue weighted by atomic mass is 10.1. The van der Waals surface area contributed by atoms with Crippen LogP contribution in [0.15, 0.2) is 12.7 Å². The molecule has 2 nitrogen and oxygen atoms in total. The maximum Gasteiger partial charge on any atom is 0.0221 e. The van der Waals surface area contributed by atoms with E-state index in [0.717, 1.165) is 19.5 Å². The zero-order valence-corrected chi connectivity index (χ0v) is 8.59. The molecule has 1 atom stereocenters. The van der Waals surface area contributed by atoms with Crippen molar-refractivity contribution < 1.29 is 0 Å². The van der Waals surface area contributed by atoms with Crippen molar-refractivity contribution in [3.05, 3.63) is 12.7 Å². The molecule has 0 aliphatic heterocycles. The van der Waals surface area contributed by atoms with Crippen molar-refractivity contribution in [2.24, 2.45) is 5.73 Å². The van der Waals surface area contributed by atoms with Gasteiger partial charge in [-0.05, 0) is 20.3 Å². The molecular weight excluding hydrogens is 148 g/mol. The molecule has 0 radical (unpaired) electrons. The van der Waals surface area contributed by atoms with Gasteiger partial charge >= 0.3 is 0 Å². The maximum atomic E-state index is 5.68. The third-order valence-electron chi connectivity index (χ3n) is 2.22. The van der Waals surface area contributed by atoms with E-state index < -0.39 is 0 Å². The largest absolute Gasteiger partial charge is 0.329 e. The Kier molecular flexibility index (Phi) is 6.03. The van der Waals surface area contributed by atoms with Crippen LogP contribution in [0.2, 0.25) is 0 Å². The maximum absolute atomic E-state index is 5.68. The van der Waals surface area contributed by atoms with Crippen LogP contribution in [0.5, 0.6) is 0 Å². The molecule has 12 heavy (non-hydrogen) atoms. The second-order valence-electron chi connectivity index (χ2n) is 3.38. The highest BCUT2D eigenvalue weighted by Gasteiger charge is 2.16. The Bertz CT molecular complexity index is 117. The normalized spacial score (nSPS) is 13.8. The molecule has 0 bridgehead atoms. The van der Waals surface area contributed by atoms with Gasteiger partial charge in [0.2, 0.25) is 0 Å². The molecule has 0 aromatic carbocycles. The van der Waals surface area contributed by atoms with Crippen LogP contribution in [-0.4, -0.2) is 30.1 Å². The lowest BCUT2D eigenvalue weighted by Gasteiger charge is -2.32. The van der Waals surface area contributed by atoms with Gasteiger partial charge in [-0.1, -0.05) is 13.0 Å². The molecule has 0 rings (SSSR count). The van der Waals surface area contributed by atoms with E-state index in [0.29, 0.717) is 12.1 Å². The molecular formula is C10H22N2. The second-order valence-corrected chi connectivity index (χ2v) is 3.38. The number of nitrogens with two attached hydrogens (primary N) is 1. The van der Waals surface area contributed by atoms with E-state index in [2.05, 4.69) is 32.3 Å². The Morgan fingerprint density at radius 3 is 2.33 bits per heavy atom. The average Bonchev–Trinajstić information content (AvgIpc) is 2.05. The SMILES string of the molecule is C=CCN(C(C)C)C(CC)CN. The molecule has 0 heterocycles. The standard InChI is InChI=1S/C10H22N2/c1-5-7-12(9(3)4)10(6-2)8-11/h5,9-10H,1,6-8,11H2,2-4H3. The van der Waals surface area contributed by atoms with E-state index in [4.69, 9.17) is 5.73 Å². The van der Waals surface area contributed by atoms with Gasteiger partial charge in [0.1, 0.15) is 0 Å². The van der Waals surface area contributed by atoms with Gasteiger partial charge in [0.25, 0.3) is 0 Å². The Labute approximate surface area is 76.4 Å². The Balaban J connectivity index is 4.14. The summed E-state index contributed by atoms with van der Waals surface area (Å²) in [7, 11) is 0. The lowest BCUT2D eigenvalue weighted by molar-refractivity contribution is 0.172. The fraction of sp³-hybridized carbons (Fsp3) is 0.800. The molecule has 72 valence electrons. The number of hydrogen-bond donors (Lipinski definition) is 1. The lowest BCUT2D eigenvalue weighted by Crippen LogP contribution is -2.44. The summed E-state index contributed by atoms with van der Waals surface area (Å²) in [6, 6.07) is 1.06. The number of rotatable bonds is 6. The fourth-order valence-corrected chi connectivity index (χ4v) is 1.47. The second kappa shape index (κ2) is 6.21. The van der Waals surface area contributed by atoms with Crippen LogP contribution in [0, 0.1) is 0 Å². The van der Waals surface area contributed by atoms with E-state index in [1.807, 2.05) is 6.08 Å². The summed E-state index contributed by atoms with van der Waals surface area (Å²) >= 11 is 0. The molecule has 0 amide bonds. The van der Waals surface area contributed by atoms with Crippen LogP contribution >= 0.6 is 0 Å². The summed E-state index contributed by atoms with van der Waals surface area (Å²) in [4.78, 5) is 2.38. The summed E-state index contributed by atoms with van der Waals surface area (Å²) in [5.74, 6) is 0. The molecule has 0 saturated heterocycles. The molecule has 0 spiro atoms. The highest BCUT2D eigenvalue weighted by molar-refractivity contribution is 4.81. The molecule has 0 saturated carbocycles. The zero-order valence-electron chi connectivity index (χ0n) is 8.59. The molecule has 0 fully saturated rings. The third kappa shape index (κ3) is 3.37. The number of hydrogen-bond acceptors (Lipinski definition) is 2. The van der Waals surface area contributed by atoms with Crippen LogP contribution in [0.25, 0.3) is 0 Å². The highest BCUT2D eigenvalue weighted by atomic mass is 15.2. The van der Waals surface area contributed by atoms with Gasteiger partial charge in [-0.3, -0.25) is 4.90 Å². The van der Waals surface area contributed by atoms with Crippen molar-refractivity contribution in [2.45, 2.75) is 39.3 Å². The summed E-state index contributed by atoms with van der Waals surface area (Å²) in [5.41, 5.74) is 5.68. The first-order valence-electron chi connectivity index (χ1n) is 4.74. The minimum Gasteiger partial charge on any atom is -0.329 e. The Hall–Kier alpha value is -0.340. The monoisotopic (exact) mass is 170 g/mol. The summed E-state index contributed by atoms with van der Waals surface area (Å²) in [5, 5.41) is 0. The van der Waals surface area contributed by atoms with Crippen LogP contribution in [0.1, 0.15) is 27.2 Å². The third-order valence-corrected chi connectivity index (χ3v) is 2.22. The topological polar surface area (TPSA) is 29.3 Å². The van der Waals surface area contributed by atoms with E-state index in [1.54, 1.807) is 0 Å². The molecule has 0 aromatic heterocycles. The van der Waals surface area contributed by atoms with E-state index >= 15 is 0 Å². The quantitative estimate of drug-likeness (QED) is 0.614. The predicted molar refractivity (Wildman–Crippen MR) is 55.2 cm³/mol. The van der Waals surface area contributed by atoms with Crippen LogP contribution < -0.4 is 5.73 Å². The molecule has 2 N–H and O–H groups in total. The van der Waals surface area contributed by atoms with Crippen molar-refractivity contribution in [2.75, 3.05) is 13.1 Å². The summed E-state index contributed by atoms with van der Waals surface area (Å²) in [6.45, 7) is 12.0. The van der Waals surface area contributed by atoms with Crippen molar-refractivity contribution >= 4 is 0 Å². The predicted octanol–water partition coefficient (Wildman–Crippen LogP) is 1.62. The minimum absolute atomic E-state index is 0.503. The van der Waals surface area contributed by atoms with Crippen molar-refractivity contribution in [3.8, 4) is 0 Å². The van der Waals surface area contributed by atoms with Crippen molar-refractivity contribution in [1.29, 1.82) is 0 Å². The minimum atomic E-state index is 0.503. The van der Waals surface area contributed by atoms with Gasteiger partial charge < -0.3 is 5.73 Å². The Morgan fingerprint density at radius 1 is 1.50 bits per heavy atom. The van der Waals surface area contributed by atoms with Crippen LogP contribution in [-0.2, 0) is 0 Å². The molecule has 2 heteroatoms. The van der Waals surface area contributed by atoms with Gasteiger partial charge in [0, 0.05) is 25.2 Å². The van der Waals surface area contributed by atoms with Crippen molar-refractivity contribution in [1.82, 2.24) is 4.90 Å². The molecule has 0 aliphatic rings. The van der Waals surface area contributed by atoms with E-state index in [9.17, 15) is 0 Å². The van der Waals surface area contributed by atoms with Gasteiger partial charge in [-0.15, -0.1) is 6.58 Å².